The number of carbonyl (C=O) groups is 1. The van der Waals surface area contributed by atoms with Crippen molar-refractivity contribution in [2.75, 3.05) is 5.73 Å². The van der Waals surface area contributed by atoms with Crippen LogP contribution in [0.3, 0.4) is 0 Å². The highest BCUT2D eigenvalue weighted by molar-refractivity contribution is 5.76. The van der Waals surface area contributed by atoms with E-state index < -0.39 is 0 Å². The van der Waals surface area contributed by atoms with Crippen molar-refractivity contribution in [3.63, 3.8) is 0 Å². The van der Waals surface area contributed by atoms with Crippen molar-refractivity contribution in [2.24, 2.45) is 0 Å². The molecule has 17 heavy (non-hydrogen) atoms. The molecule has 1 aromatic rings. The number of anilines is 1. The molecule has 4 nitrogen and oxygen atoms in total. The Morgan fingerprint density at radius 1 is 1.59 bits per heavy atom. The molecule has 0 heterocycles. The summed E-state index contributed by atoms with van der Waals surface area (Å²) in [7, 11) is 0. The van der Waals surface area contributed by atoms with Gasteiger partial charge in [0.15, 0.2) is 0 Å². The zero-order chi connectivity index (χ0) is 12.7. The average Bonchev–Trinajstić information content (AvgIpc) is 2.27. The minimum absolute atomic E-state index is 0.0322. The van der Waals surface area contributed by atoms with E-state index in [1.807, 2.05) is 37.3 Å². The Morgan fingerprint density at radius 3 is 3.00 bits per heavy atom. The van der Waals surface area contributed by atoms with Crippen molar-refractivity contribution in [1.82, 2.24) is 5.32 Å². The highest BCUT2D eigenvalue weighted by Gasteiger charge is 2.06. The number of nitrogens with one attached hydrogen (secondary N) is 1. The van der Waals surface area contributed by atoms with E-state index in [-0.39, 0.29) is 11.9 Å². The van der Waals surface area contributed by atoms with E-state index in [0.29, 0.717) is 24.9 Å². The van der Waals surface area contributed by atoms with Crippen molar-refractivity contribution in [3.8, 4) is 6.07 Å². The largest absolute Gasteiger partial charge is 0.399 e. The van der Waals surface area contributed by atoms with E-state index in [0.717, 1.165) is 5.56 Å². The van der Waals surface area contributed by atoms with Gasteiger partial charge in [0.25, 0.3) is 0 Å². The number of carbonyl (C=O) groups excluding carboxylic acids is 1. The molecule has 0 spiro atoms. The van der Waals surface area contributed by atoms with Crippen LogP contribution in [0.4, 0.5) is 5.69 Å². The number of benzene rings is 1. The van der Waals surface area contributed by atoms with Crippen molar-refractivity contribution < 1.29 is 4.79 Å². The normalized spacial score (nSPS) is 11.5. The summed E-state index contributed by atoms with van der Waals surface area (Å²) in [4.78, 5) is 11.5. The number of nitriles is 1. The zero-order valence-electron chi connectivity index (χ0n) is 9.94. The van der Waals surface area contributed by atoms with Gasteiger partial charge in [-0.25, -0.2) is 0 Å². The number of nitrogens with two attached hydrogens (primary N) is 1. The Labute approximate surface area is 101 Å². The van der Waals surface area contributed by atoms with Gasteiger partial charge in [0.05, 0.1) is 12.5 Å². The van der Waals surface area contributed by atoms with Gasteiger partial charge < -0.3 is 11.1 Å². The van der Waals surface area contributed by atoms with Gasteiger partial charge in [0, 0.05) is 18.2 Å². The fraction of sp³-hybridized carbons (Fsp3) is 0.385. The lowest BCUT2D eigenvalue weighted by Gasteiger charge is -2.10. The van der Waals surface area contributed by atoms with E-state index in [4.69, 9.17) is 11.0 Å². The van der Waals surface area contributed by atoms with Crippen LogP contribution in [-0.2, 0) is 11.2 Å². The van der Waals surface area contributed by atoms with Crippen LogP contribution in [-0.4, -0.2) is 11.9 Å². The van der Waals surface area contributed by atoms with Crippen LogP contribution < -0.4 is 11.1 Å². The molecule has 90 valence electrons. The predicted molar refractivity (Wildman–Crippen MR) is 67.0 cm³/mol. The molecule has 4 heteroatoms. The summed E-state index contributed by atoms with van der Waals surface area (Å²) >= 11 is 0. The first kappa shape index (κ1) is 13.0. The van der Waals surface area contributed by atoms with E-state index in [1.54, 1.807) is 0 Å². The SMILES string of the molecule is CC(CC#N)NC(=O)CCc1cccc(N)c1. The number of nitrogens with zero attached hydrogens (tertiary/aromatic N) is 1. The lowest BCUT2D eigenvalue weighted by atomic mass is 10.1. The Kier molecular flexibility index (Phi) is 5.02. The third-order valence-electron chi connectivity index (χ3n) is 2.40. The Hall–Kier alpha value is -2.02. The van der Waals surface area contributed by atoms with Crippen molar-refractivity contribution >= 4 is 11.6 Å². The highest BCUT2D eigenvalue weighted by atomic mass is 16.1. The summed E-state index contributed by atoms with van der Waals surface area (Å²) in [6, 6.07) is 9.44. The summed E-state index contributed by atoms with van der Waals surface area (Å²) in [5.74, 6) is -0.0322. The van der Waals surface area contributed by atoms with Gasteiger partial charge in [-0.2, -0.15) is 5.26 Å². The minimum atomic E-state index is -0.0895. The summed E-state index contributed by atoms with van der Waals surface area (Å²) in [5.41, 5.74) is 7.41. The molecule has 0 saturated heterocycles. The first-order chi connectivity index (χ1) is 8.11. The third kappa shape index (κ3) is 5.03. The second-order valence-electron chi connectivity index (χ2n) is 4.08. The first-order valence-corrected chi connectivity index (χ1v) is 5.62. The predicted octanol–water partition coefficient (Wildman–Crippen LogP) is 1.62. The van der Waals surface area contributed by atoms with Gasteiger partial charge >= 0.3 is 0 Å². The number of aryl methyl sites for hydroxylation is 1. The zero-order valence-corrected chi connectivity index (χ0v) is 9.94. The minimum Gasteiger partial charge on any atom is -0.399 e. The number of rotatable bonds is 5. The molecule has 0 radical (unpaired) electrons. The van der Waals surface area contributed by atoms with Crippen molar-refractivity contribution in [2.45, 2.75) is 32.2 Å². The molecule has 0 aliphatic rings. The number of hydrogen-bond donors (Lipinski definition) is 2. The molecule has 1 aromatic carbocycles. The summed E-state index contributed by atoms with van der Waals surface area (Å²) in [5, 5.41) is 11.2. The van der Waals surface area contributed by atoms with Crippen LogP contribution in [0.25, 0.3) is 0 Å². The molecule has 1 unspecified atom stereocenters. The Morgan fingerprint density at radius 2 is 2.35 bits per heavy atom. The molecule has 0 bridgehead atoms. The maximum absolute atomic E-state index is 11.5. The molecule has 1 amide bonds. The van der Waals surface area contributed by atoms with Crippen molar-refractivity contribution in [1.29, 1.82) is 5.26 Å². The lowest BCUT2D eigenvalue weighted by Crippen LogP contribution is -2.32. The molecular formula is C13H17N3O. The highest BCUT2D eigenvalue weighted by Crippen LogP contribution is 2.08. The maximum atomic E-state index is 11.5. The molecule has 1 atom stereocenters. The van der Waals surface area contributed by atoms with Crippen LogP contribution in [0.1, 0.15) is 25.3 Å². The van der Waals surface area contributed by atoms with Gasteiger partial charge in [0.1, 0.15) is 0 Å². The molecule has 0 fully saturated rings. The fourth-order valence-corrected chi connectivity index (χ4v) is 1.54. The fourth-order valence-electron chi connectivity index (χ4n) is 1.54. The molecular weight excluding hydrogens is 214 g/mol. The van der Waals surface area contributed by atoms with E-state index in [1.165, 1.54) is 0 Å². The molecule has 0 aliphatic heterocycles. The third-order valence-corrected chi connectivity index (χ3v) is 2.40. The summed E-state index contributed by atoms with van der Waals surface area (Å²) in [6.45, 7) is 1.82. The van der Waals surface area contributed by atoms with Crippen molar-refractivity contribution in [3.05, 3.63) is 29.8 Å². The quantitative estimate of drug-likeness (QED) is 0.756. The smallest absolute Gasteiger partial charge is 0.220 e. The van der Waals surface area contributed by atoms with Crippen LogP contribution >= 0.6 is 0 Å². The standard InChI is InChI=1S/C13H17N3O/c1-10(7-8-14)16-13(17)6-5-11-3-2-4-12(15)9-11/h2-4,9-10H,5-7,15H2,1H3,(H,16,17). The van der Waals surface area contributed by atoms with E-state index >= 15 is 0 Å². The van der Waals surface area contributed by atoms with Gasteiger partial charge in [-0.1, -0.05) is 12.1 Å². The monoisotopic (exact) mass is 231 g/mol. The molecule has 0 aliphatic carbocycles. The number of nitrogen functional groups attached to an aromatic ring is 1. The first-order valence-electron chi connectivity index (χ1n) is 5.62. The summed E-state index contributed by atoms with van der Waals surface area (Å²) in [6.07, 6.45) is 1.42. The van der Waals surface area contributed by atoms with E-state index in [9.17, 15) is 4.79 Å². The molecule has 1 rings (SSSR count). The van der Waals surface area contributed by atoms with Crippen LogP contribution in [0.5, 0.6) is 0 Å². The maximum Gasteiger partial charge on any atom is 0.220 e. The van der Waals surface area contributed by atoms with Crippen LogP contribution in [0.15, 0.2) is 24.3 Å². The van der Waals surface area contributed by atoms with Gasteiger partial charge in [0.2, 0.25) is 5.91 Å². The molecule has 3 N–H and O–H groups in total. The topological polar surface area (TPSA) is 78.9 Å². The Bertz CT molecular complexity index is 423. The van der Waals surface area contributed by atoms with Crippen LogP contribution in [0.2, 0.25) is 0 Å². The lowest BCUT2D eigenvalue weighted by molar-refractivity contribution is -0.121. The van der Waals surface area contributed by atoms with Crippen LogP contribution in [0, 0.1) is 11.3 Å². The van der Waals surface area contributed by atoms with E-state index in [2.05, 4.69) is 5.32 Å². The van der Waals surface area contributed by atoms with Gasteiger partial charge in [-0.15, -0.1) is 0 Å². The van der Waals surface area contributed by atoms with Gasteiger partial charge in [-0.05, 0) is 31.0 Å². The molecule has 0 aromatic heterocycles. The second kappa shape index (κ2) is 6.54. The molecule has 0 saturated carbocycles. The number of amides is 1. The Balaban J connectivity index is 2.36. The summed E-state index contributed by atoms with van der Waals surface area (Å²) < 4.78 is 0. The second-order valence-corrected chi connectivity index (χ2v) is 4.08. The van der Waals surface area contributed by atoms with Gasteiger partial charge in [-0.3, -0.25) is 4.79 Å². The average molecular weight is 231 g/mol. The number of hydrogen-bond acceptors (Lipinski definition) is 3.